The van der Waals surface area contributed by atoms with Crippen LogP contribution in [0.1, 0.15) is 44.2 Å². The molecule has 0 saturated heterocycles. The van der Waals surface area contributed by atoms with Crippen molar-refractivity contribution in [1.82, 2.24) is 4.98 Å². The fraction of sp³-hybridized carbons (Fsp3) is 0.400. The Kier molecular flexibility index (Phi) is 3.93. The Labute approximate surface area is 121 Å². The fourth-order valence-electron chi connectivity index (χ4n) is 1.97. The predicted molar refractivity (Wildman–Crippen MR) is 76.8 cm³/mol. The van der Waals surface area contributed by atoms with E-state index in [0.717, 1.165) is 11.3 Å². The Morgan fingerprint density at radius 3 is 2.15 bits per heavy atom. The minimum absolute atomic E-state index is 0.0660. The second kappa shape index (κ2) is 5.22. The van der Waals surface area contributed by atoms with Gasteiger partial charge >= 0.3 is 0 Å². The molecule has 0 aliphatic heterocycles. The summed E-state index contributed by atoms with van der Waals surface area (Å²) in [5.74, 6) is -1.22. The van der Waals surface area contributed by atoms with Crippen molar-refractivity contribution in [3.63, 3.8) is 0 Å². The Hall–Kier alpha value is -1.33. The van der Waals surface area contributed by atoms with Crippen molar-refractivity contribution < 1.29 is 13.9 Å². The molecule has 1 N–H and O–H groups in total. The van der Waals surface area contributed by atoms with E-state index in [1.165, 1.54) is 18.2 Å². The summed E-state index contributed by atoms with van der Waals surface area (Å²) in [5, 5.41) is 10.5. The number of thiazole rings is 1. The van der Waals surface area contributed by atoms with Crippen molar-refractivity contribution in [2.24, 2.45) is 0 Å². The average Bonchev–Trinajstić information content (AvgIpc) is 2.73. The Morgan fingerprint density at radius 1 is 1.20 bits per heavy atom. The summed E-state index contributed by atoms with van der Waals surface area (Å²) in [7, 11) is 0. The highest BCUT2D eigenvalue weighted by Gasteiger charge is 2.28. The van der Waals surface area contributed by atoms with Crippen molar-refractivity contribution in [3.05, 3.63) is 40.4 Å². The van der Waals surface area contributed by atoms with Crippen molar-refractivity contribution >= 4 is 11.3 Å². The van der Waals surface area contributed by atoms with E-state index in [1.807, 2.05) is 13.8 Å². The molecule has 2 aromatic rings. The number of nitrogens with zero attached hydrogens (tertiary/aromatic N) is 1. The van der Waals surface area contributed by atoms with Gasteiger partial charge in [-0.05, 0) is 31.9 Å². The van der Waals surface area contributed by atoms with Crippen LogP contribution in [0.25, 0.3) is 10.6 Å². The topological polar surface area (TPSA) is 33.1 Å². The van der Waals surface area contributed by atoms with E-state index in [0.29, 0.717) is 10.6 Å². The first-order valence-corrected chi connectivity index (χ1v) is 7.21. The molecule has 2 rings (SSSR count). The number of aromatic nitrogens is 1. The Bertz CT molecular complexity index is 609. The van der Waals surface area contributed by atoms with Gasteiger partial charge in [0.15, 0.2) is 0 Å². The highest BCUT2D eigenvalue weighted by Crippen LogP contribution is 2.39. The molecule has 0 saturated carbocycles. The third-order valence-electron chi connectivity index (χ3n) is 2.93. The fourth-order valence-corrected chi connectivity index (χ4v) is 3.24. The maximum atomic E-state index is 13.8. The first kappa shape index (κ1) is 15.1. The second-order valence-corrected chi connectivity index (χ2v) is 6.54. The van der Waals surface area contributed by atoms with Gasteiger partial charge in [0.05, 0.1) is 21.7 Å². The van der Waals surface area contributed by atoms with Crippen LogP contribution in [0.5, 0.6) is 0 Å². The van der Waals surface area contributed by atoms with Gasteiger partial charge in [0.2, 0.25) is 0 Å². The lowest BCUT2D eigenvalue weighted by Gasteiger charge is -2.17. The zero-order valence-corrected chi connectivity index (χ0v) is 12.7. The third kappa shape index (κ3) is 2.74. The molecular formula is C15H17F2NOS. The summed E-state index contributed by atoms with van der Waals surface area (Å²) in [6.07, 6.45) is 0. The SMILES string of the molecule is CC(C)c1nc(-c2c(F)cccc2F)sc1C(C)(C)O. The van der Waals surface area contributed by atoms with Crippen LogP contribution in [0.15, 0.2) is 18.2 Å². The number of hydrogen-bond donors (Lipinski definition) is 1. The Balaban J connectivity index is 2.66. The van der Waals surface area contributed by atoms with Crippen molar-refractivity contribution in [3.8, 4) is 10.6 Å². The lowest BCUT2D eigenvalue weighted by Crippen LogP contribution is -2.16. The van der Waals surface area contributed by atoms with E-state index in [-0.39, 0.29) is 16.5 Å². The number of benzene rings is 1. The lowest BCUT2D eigenvalue weighted by atomic mass is 10.0. The molecule has 108 valence electrons. The molecule has 1 heterocycles. The largest absolute Gasteiger partial charge is 0.385 e. The van der Waals surface area contributed by atoms with Crippen molar-refractivity contribution in [1.29, 1.82) is 0 Å². The van der Waals surface area contributed by atoms with Gasteiger partial charge in [-0.15, -0.1) is 11.3 Å². The zero-order valence-electron chi connectivity index (χ0n) is 11.9. The quantitative estimate of drug-likeness (QED) is 0.908. The normalized spacial score (nSPS) is 12.2. The molecule has 1 aromatic heterocycles. The van der Waals surface area contributed by atoms with Gasteiger partial charge in [-0.3, -0.25) is 0 Å². The van der Waals surface area contributed by atoms with Gasteiger partial charge in [0.25, 0.3) is 0 Å². The van der Waals surface area contributed by atoms with Crippen LogP contribution in [0.2, 0.25) is 0 Å². The maximum absolute atomic E-state index is 13.8. The summed E-state index contributed by atoms with van der Waals surface area (Å²) < 4.78 is 27.7. The number of rotatable bonds is 3. The highest BCUT2D eigenvalue weighted by atomic mass is 32.1. The molecular weight excluding hydrogens is 280 g/mol. The van der Waals surface area contributed by atoms with E-state index in [4.69, 9.17) is 0 Å². The molecule has 0 amide bonds. The minimum Gasteiger partial charge on any atom is -0.385 e. The van der Waals surface area contributed by atoms with Gasteiger partial charge in [-0.25, -0.2) is 13.8 Å². The van der Waals surface area contributed by atoms with Gasteiger partial charge in [0, 0.05) is 0 Å². The molecule has 0 unspecified atom stereocenters. The first-order valence-electron chi connectivity index (χ1n) is 6.39. The highest BCUT2D eigenvalue weighted by molar-refractivity contribution is 7.15. The van der Waals surface area contributed by atoms with Crippen molar-refractivity contribution in [2.45, 2.75) is 39.2 Å². The summed E-state index contributed by atoms with van der Waals surface area (Å²) in [5.41, 5.74) is -0.535. The molecule has 0 aliphatic carbocycles. The molecule has 0 bridgehead atoms. The Morgan fingerprint density at radius 2 is 1.75 bits per heavy atom. The van der Waals surface area contributed by atoms with Gasteiger partial charge < -0.3 is 5.11 Å². The van der Waals surface area contributed by atoms with E-state index in [9.17, 15) is 13.9 Å². The molecule has 0 spiro atoms. The molecule has 5 heteroatoms. The second-order valence-electron chi connectivity index (χ2n) is 5.54. The summed E-state index contributed by atoms with van der Waals surface area (Å²) in [4.78, 5) is 4.99. The maximum Gasteiger partial charge on any atom is 0.136 e. The molecule has 2 nitrogen and oxygen atoms in total. The van der Waals surface area contributed by atoms with Crippen LogP contribution < -0.4 is 0 Å². The monoisotopic (exact) mass is 297 g/mol. The van der Waals surface area contributed by atoms with Crippen LogP contribution in [-0.4, -0.2) is 10.1 Å². The number of halogens is 2. The molecule has 20 heavy (non-hydrogen) atoms. The van der Waals surface area contributed by atoms with Crippen LogP contribution in [0.4, 0.5) is 8.78 Å². The molecule has 0 aliphatic rings. The summed E-state index contributed by atoms with van der Waals surface area (Å²) in [6.45, 7) is 7.17. The summed E-state index contributed by atoms with van der Waals surface area (Å²) >= 11 is 1.14. The van der Waals surface area contributed by atoms with Crippen LogP contribution in [0, 0.1) is 11.6 Å². The zero-order chi connectivity index (χ0) is 15.1. The molecule has 0 fully saturated rings. The van der Waals surface area contributed by atoms with E-state index in [2.05, 4.69) is 4.98 Å². The van der Waals surface area contributed by atoms with Gasteiger partial charge in [-0.1, -0.05) is 19.9 Å². The summed E-state index contributed by atoms with van der Waals surface area (Å²) in [6, 6.07) is 3.74. The first-order chi connectivity index (χ1) is 9.21. The van der Waals surface area contributed by atoms with Crippen LogP contribution in [0.3, 0.4) is 0 Å². The molecule has 1 aromatic carbocycles. The minimum atomic E-state index is -1.09. The predicted octanol–water partition coefficient (Wildman–Crippen LogP) is 4.44. The van der Waals surface area contributed by atoms with Crippen LogP contribution >= 0.6 is 11.3 Å². The average molecular weight is 297 g/mol. The van der Waals surface area contributed by atoms with Crippen LogP contribution in [-0.2, 0) is 5.60 Å². The number of hydrogen-bond acceptors (Lipinski definition) is 3. The standard InChI is InChI=1S/C15H17F2NOS/c1-8(2)12-13(15(3,4)19)20-14(18-12)11-9(16)6-5-7-10(11)17/h5-8,19H,1-4H3. The number of aliphatic hydroxyl groups is 1. The smallest absolute Gasteiger partial charge is 0.136 e. The van der Waals surface area contributed by atoms with Crippen molar-refractivity contribution in [2.75, 3.05) is 0 Å². The third-order valence-corrected chi connectivity index (χ3v) is 4.33. The van der Waals surface area contributed by atoms with Gasteiger partial charge in [-0.2, -0.15) is 0 Å². The molecule has 0 atom stereocenters. The molecule has 0 radical (unpaired) electrons. The lowest BCUT2D eigenvalue weighted by molar-refractivity contribution is 0.0811. The van der Waals surface area contributed by atoms with Gasteiger partial charge in [0.1, 0.15) is 16.6 Å². The van der Waals surface area contributed by atoms with E-state index >= 15 is 0 Å². The van der Waals surface area contributed by atoms with E-state index < -0.39 is 17.2 Å². The van der Waals surface area contributed by atoms with E-state index in [1.54, 1.807) is 13.8 Å².